The molecule has 0 bridgehead atoms. The van der Waals surface area contributed by atoms with Gasteiger partial charge in [-0.25, -0.2) is 5.43 Å². The smallest absolute Gasteiger partial charge is 0.311 e. The Morgan fingerprint density at radius 2 is 2.09 bits per heavy atom. The molecule has 0 saturated carbocycles. The van der Waals surface area contributed by atoms with Crippen LogP contribution in [0.1, 0.15) is 15.9 Å². The number of carbonyl (C=O) groups is 1. The van der Waals surface area contributed by atoms with Crippen LogP contribution in [0, 0.1) is 10.1 Å². The number of rotatable bonds is 5. The van der Waals surface area contributed by atoms with Crippen LogP contribution in [0.3, 0.4) is 0 Å². The Labute approximate surface area is 136 Å². The highest BCUT2D eigenvalue weighted by molar-refractivity contribution is 6.33. The fourth-order valence-electron chi connectivity index (χ4n) is 1.80. The van der Waals surface area contributed by atoms with Crippen LogP contribution in [0.25, 0.3) is 0 Å². The van der Waals surface area contributed by atoms with E-state index in [4.69, 9.17) is 16.3 Å². The lowest BCUT2D eigenvalue weighted by Gasteiger charge is -2.03. The molecule has 2 aromatic rings. The van der Waals surface area contributed by atoms with E-state index in [9.17, 15) is 14.9 Å². The predicted octanol–water partition coefficient (Wildman–Crippen LogP) is 3.02. The second kappa shape index (κ2) is 7.37. The van der Waals surface area contributed by atoms with Gasteiger partial charge in [-0.3, -0.25) is 14.9 Å². The van der Waals surface area contributed by atoms with E-state index in [1.165, 1.54) is 25.5 Å². The second-order valence-electron chi connectivity index (χ2n) is 4.37. The minimum Gasteiger partial charge on any atom is -0.490 e. The maximum absolute atomic E-state index is 11.9. The molecule has 0 fully saturated rings. The predicted molar refractivity (Wildman–Crippen MR) is 86.2 cm³/mol. The maximum atomic E-state index is 11.9. The molecule has 0 spiro atoms. The van der Waals surface area contributed by atoms with Gasteiger partial charge in [0.2, 0.25) is 0 Å². The summed E-state index contributed by atoms with van der Waals surface area (Å²) in [7, 11) is 1.35. The average molecular weight is 334 g/mol. The van der Waals surface area contributed by atoms with Gasteiger partial charge in [0.15, 0.2) is 5.75 Å². The van der Waals surface area contributed by atoms with Gasteiger partial charge in [0.05, 0.1) is 28.8 Å². The molecule has 23 heavy (non-hydrogen) atoms. The van der Waals surface area contributed by atoms with E-state index in [0.29, 0.717) is 10.6 Å². The summed E-state index contributed by atoms with van der Waals surface area (Å²) in [4.78, 5) is 22.3. The fraction of sp³-hybridized carbons (Fsp3) is 0.0667. The normalized spacial score (nSPS) is 10.5. The number of hydrazone groups is 1. The molecule has 0 unspecified atom stereocenters. The van der Waals surface area contributed by atoms with Gasteiger partial charge in [-0.1, -0.05) is 23.7 Å². The Morgan fingerprint density at radius 1 is 1.35 bits per heavy atom. The highest BCUT2D eigenvalue weighted by Gasteiger charge is 2.14. The summed E-state index contributed by atoms with van der Waals surface area (Å²) >= 11 is 5.90. The number of amides is 1. The summed E-state index contributed by atoms with van der Waals surface area (Å²) in [6.07, 6.45) is 1.29. The highest BCUT2D eigenvalue weighted by atomic mass is 35.5. The van der Waals surface area contributed by atoms with Crippen molar-refractivity contribution in [2.24, 2.45) is 5.10 Å². The van der Waals surface area contributed by atoms with E-state index < -0.39 is 10.8 Å². The number of halogens is 1. The largest absolute Gasteiger partial charge is 0.490 e. The first-order chi connectivity index (χ1) is 11.0. The Morgan fingerprint density at radius 3 is 2.74 bits per heavy atom. The molecule has 0 aromatic heterocycles. The molecule has 2 aromatic carbocycles. The zero-order valence-corrected chi connectivity index (χ0v) is 12.8. The summed E-state index contributed by atoms with van der Waals surface area (Å²) in [6, 6.07) is 10.9. The van der Waals surface area contributed by atoms with Gasteiger partial charge in [0.25, 0.3) is 5.91 Å². The molecule has 118 valence electrons. The molecular formula is C15H12ClN3O4. The Bertz CT molecular complexity index is 777. The highest BCUT2D eigenvalue weighted by Crippen LogP contribution is 2.26. The fourth-order valence-corrected chi connectivity index (χ4v) is 2.02. The molecule has 0 aliphatic rings. The Hall–Kier alpha value is -2.93. The van der Waals surface area contributed by atoms with E-state index in [1.54, 1.807) is 30.3 Å². The zero-order valence-electron chi connectivity index (χ0n) is 12.0. The Kier molecular flexibility index (Phi) is 5.27. The number of nitrogens with zero attached hydrogens (tertiary/aromatic N) is 2. The number of hydrogen-bond acceptors (Lipinski definition) is 5. The summed E-state index contributed by atoms with van der Waals surface area (Å²) < 4.78 is 4.90. The molecular weight excluding hydrogens is 322 g/mol. The number of methoxy groups -OCH3 is 1. The SMILES string of the molecule is COc1ccc(C=NNC(=O)c2ccccc2Cl)cc1[N+](=O)[O-]. The van der Waals surface area contributed by atoms with E-state index in [2.05, 4.69) is 10.5 Å². The van der Waals surface area contributed by atoms with Crippen molar-refractivity contribution >= 4 is 29.4 Å². The molecule has 0 radical (unpaired) electrons. The summed E-state index contributed by atoms with van der Waals surface area (Å²) in [6.45, 7) is 0. The molecule has 0 heterocycles. The summed E-state index contributed by atoms with van der Waals surface area (Å²) in [5.74, 6) is -0.331. The van der Waals surface area contributed by atoms with Gasteiger partial charge in [-0.15, -0.1) is 0 Å². The molecule has 1 amide bonds. The first-order valence-electron chi connectivity index (χ1n) is 6.43. The van der Waals surface area contributed by atoms with Crippen molar-refractivity contribution in [2.75, 3.05) is 7.11 Å². The van der Waals surface area contributed by atoms with Crippen LogP contribution >= 0.6 is 11.6 Å². The van der Waals surface area contributed by atoms with Crippen LogP contribution in [0.4, 0.5) is 5.69 Å². The number of hydrogen-bond donors (Lipinski definition) is 1. The van der Waals surface area contributed by atoms with Crippen LogP contribution in [-0.2, 0) is 0 Å². The number of nitro groups is 1. The van der Waals surface area contributed by atoms with E-state index in [-0.39, 0.29) is 17.0 Å². The third-order valence-corrected chi connectivity index (χ3v) is 3.23. The number of ether oxygens (including phenoxy) is 1. The Balaban J connectivity index is 2.12. The third-order valence-electron chi connectivity index (χ3n) is 2.90. The van der Waals surface area contributed by atoms with Crippen LogP contribution < -0.4 is 10.2 Å². The average Bonchev–Trinajstić information content (AvgIpc) is 2.55. The molecule has 0 saturated heterocycles. The number of nitrogens with one attached hydrogen (secondary N) is 1. The first kappa shape index (κ1) is 16.4. The van der Waals surface area contributed by atoms with Crippen molar-refractivity contribution in [2.45, 2.75) is 0 Å². The molecule has 7 nitrogen and oxygen atoms in total. The van der Waals surface area contributed by atoms with Gasteiger partial charge in [-0.2, -0.15) is 5.10 Å². The van der Waals surface area contributed by atoms with Gasteiger partial charge in [0.1, 0.15) is 0 Å². The molecule has 2 rings (SSSR count). The number of nitro benzene ring substituents is 1. The van der Waals surface area contributed by atoms with Crippen molar-refractivity contribution < 1.29 is 14.5 Å². The molecule has 0 aliphatic heterocycles. The molecule has 8 heteroatoms. The van der Waals surface area contributed by atoms with E-state index >= 15 is 0 Å². The maximum Gasteiger partial charge on any atom is 0.311 e. The summed E-state index contributed by atoms with van der Waals surface area (Å²) in [5.41, 5.74) is 2.85. The summed E-state index contributed by atoms with van der Waals surface area (Å²) in [5, 5.41) is 15.0. The molecule has 0 atom stereocenters. The monoisotopic (exact) mass is 333 g/mol. The minimum absolute atomic E-state index is 0.146. The zero-order chi connectivity index (χ0) is 16.8. The molecule has 0 aliphatic carbocycles. The standard InChI is InChI=1S/C15H12ClN3O4/c1-23-14-7-6-10(8-13(14)19(21)22)9-17-18-15(20)11-4-2-3-5-12(11)16/h2-9H,1H3,(H,18,20). The van der Waals surface area contributed by atoms with Crippen molar-refractivity contribution in [1.82, 2.24) is 5.43 Å². The van der Waals surface area contributed by atoms with Crippen LogP contribution in [-0.4, -0.2) is 24.2 Å². The van der Waals surface area contributed by atoms with Gasteiger partial charge in [-0.05, 0) is 24.3 Å². The topological polar surface area (TPSA) is 93.8 Å². The van der Waals surface area contributed by atoms with Gasteiger partial charge < -0.3 is 4.74 Å². The third kappa shape index (κ3) is 4.04. The number of benzene rings is 2. The van der Waals surface area contributed by atoms with E-state index in [0.717, 1.165) is 0 Å². The van der Waals surface area contributed by atoms with Crippen LogP contribution in [0.15, 0.2) is 47.6 Å². The van der Waals surface area contributed by atoms with Crippen molar-refractivity contribution in [3.05, 3.63) is 68.7 Å². The second-order valence-corrected chi connectivity index (χ2v) is 4.77. The lowest BCUT2D eigenvalue weighted by atomic mass is 10.2. The minimum atomic E-state index is -0.557. The van der Waals surface area contributed by atoms with Gasteiger partial charge in [0, 0.05) is 11.6 Å². The van der Waals surface area contributed by atoms with Crippen molar-refractivity contribution in [1.29, 1.82) is 0 Å². The quantitative estimate of drug-likeness (QED) is 0.517. The molecule has 1 N–H and O–H groups in total. The van der Waals surface area contributed by atoms with Crippen LogP contribution in [0.5, 0.6) is 5.75 Å². The van der Waals surface area contributed by atoms with E-state index in [1.807, 2.05) is 0 Å². The first-order valence-corrected chi connectivity index (χ1v) is 6.81. The number of carbonyl (C=O) groups excluding carboxylic acids is 1. The van der Waals surface area contributed by atoms with Crippen molar-refractivity contribution in [3.63, 3.8) is 0 Å². The van der Waals surface area contributed by atoms with Crippen LogP contribution in [0.2, 0.25) is 5.02 Å². The lowest BCUT2D eigenvalue weighted by molar-refractivity contribution is -0.385. The van der Waals surface area contributed by atoms with Gasteiger partial charge >= 0.3 is 5.69 Å². The lowest BCUT2D eigenvalue weighted by Crippen LogP contribution is -2.17. The van der Waals surface area contributed by atoms with Crippen molar-refractivity contribution in [3.8, 4) is 5.75 Å².